The number of alkyl halides is 3. The van der Waals surface area contributed by atoms with Crippen LogP contribution in [0.25, 0.3) is 0 Å². The van der Waals surface area contributed by atoms with Crippen molar-refractivity contribution in [1.29, 1.82) is 0 Å². The summed E-state index contributed by atoms with van der Waals surface area (Å²) < 4.78 is 29.5. The van der Waals surface area contributed by atoms with Crippen molar-refractivity contribution in [3.05, 3.63) is 32.3 Å². The Labute approximate surface area is 106 Å². The summed E-state index contributed by atoms with van der Waals surface area (Å²) in [6.07, 6.45) is 0. The van der Waals surface area contributed by atoms with E-state index in [-0.39, 0.29) is 21.5 Å². The fraction of sp³-hybridized carbons (Fsp3) is 0.250. The molecule has 0 atom stereocenters. The lowest BCUT2D eigenvalue weighted by molar-refractivity contribution is -0.385. The molecule has 0 saturated heterocycles. The topological polar surface area (TPSA) is 52.4 Å². The number of nitro benzene ring substituents is 1. The van der Waals surface area contributed by atoms with E-state index in [4.69, 9.17) is 0 Å². The Morgan fingerprint density at radius 3 is 2.44 bits per heavy atom. The smallest absolute Gasteiger partial charge is 0.422 e. The highest BCUT2D eigenvalue weighted by Gasteiger charge is 2.29. The van der Waals surface area contributed by atoms with E-state index in [1.807, 2.05) is 15.9 Å². The van der Waals surface area contributed by atoms with Crippen molar-refractivity contribution in [3.8, 4) is 5.75 Å². The first kappa shape index (κ1) is 13.3. The SMILES string of the molecule is Cc1cc([N+](=O)[O-])cc(Br)c1OC(F)(F)Br. The summed E-state index contributed by atoms with van der Waals surface area (Å²) in [6, 6.07) is 2.25. The number of nitro groups is 1. The van der Waals surface area contributed by atoms with Crippen LogP contribution >= 0.6 is 31.9 Å². The van der Waals surface area contributed by atoms with Crippen molar-refractivity contribution in [2.24, 2.45) is 0 Å². The summed E-state index contributed by atoms with van der Waals surface area (Å²) in [5, 5.41) is 6.97. The Morgan fingerprint density at radius 1 is 1.50 bits per heavy atom. The number of halogens is 4. The lowest BCUT2D eigenvalue weighted by Gasteiger charge is -2.14. The third-order valence-electron chi connectivity index (χ3n) is 1.64. The van der Waals surface area contributed by atoms with Gasteiger partial charge in [0.2, 0.25) is 0 Å². The first-order valence-electron chi connectivity index (χ1n) is 3.91. The minimum Gasteiger partial charge on any atom is -0.422 e. The maximum Gasteiger partial charge on any atom is 0.459 e. The summed E-state index contributed by atoms with van der Waals surface area (Å²) in [7, 11) is 0. The predicted octanol–water partition coefficient (Wildman–Crippen LogP) is 3.99. The van der Waals surface area contributed by atoms with E-state index in [0.717, 1.165) is 12.1 Å². The molecule has 8 heteroatoms. The number of non-ortho nitro benzene ring substituents is 1. The predicted molar refractivity (Wildman–Crippen MR) is 60.0 cm³/mol. The van der Waals surface area contributed by atoms with Crippen molar-refractivity contribution in [1.82, 2.24) is 0 Å². The van der Waals surface area contributed by atoms with Crippen LogP contribution in [-0.4, -0.2) is 9.94 Å². The number of rotatable bonds is 3. The van der Waals surface area contributed by atoms with Crippen LogP contribution < -0.4 is 4.74 Å². The Hall–Kier alpha value is -0.760. The second kappa shape index (κ2) is 4.62. The molecule has 0 bridgehead atoms. The van der Waals surface area contributed by atoms with E-state index in [1.165, 1.54) is 6.92 Å². The van der Waals surface area contributed by atoms with Crippen molar-refractivity contribution in [3.63, 3.8) is 0 Å². The van der Waals surface area contributed by atoms with Gasteiger partial charge in [0.15, 0.2) is 0 Å². The van der Waals surface area contributed by atoms with Gasteiger partial charge in [0.25, 0.3) is 5.69 Å². The first-order chi connectivity index (χ1) is 7.20. The van der Waals surface area contributed by atoms with Gasteiger partial charge in [0.05, 0.1) is 9.40 Å². The third kappa shape index (κ3) is 3.38. The summed E-state index contributed by atoms with van der Waals surface area (Å²) >= 11 is 4.96. The van der Waals surface area contributed by atoms with Crippen LogP contribution in [0.4, 0.5) is 14.5 Å². The Kier molecular flexibility index (Phi) is 3.84. The van der Waals surface area contributed by atoms with Gasteiger partial charge in [-0.15, -0.1) is 0 Å². The molecule has 16 heavy (non-hydrogen) atoms. The van der Waals surface area contributed by atoms with Gasteiger partial charge in [-0.05, 0) is 28.4 Å². The Morgan fingerprint density at radius 2 is 2.06 bits per heavy atom. The second-order valence-electron chi connectivity index (χ2n) is 2.88. The summed E-state index contributed by atoms with van der Waals surface area (Å²) in [6.45, 7) is 1.44. The molecule has 0 heterocycles. The maximum atomic E-state index is 12.6. The van der Waals surface area contributed by atoms with Gasteiger partial charge in [-0.1, -0.05) is 0 Å². The Bertz CT molecular complexity index is 411. The van der Waals surface area contributed by atoms with Gasteiger partial charge in [-0.2, -0.15) is 8.78 Å². The average molecular weight is 361 g/mol. The lowest BCUT2D eigenvalue weighted by Crippen LogP contribution is -2.16. The molecule has 0 fully saturated rings. The molecule has 0 aliphatic carbocycles. The van der Waals surface area contributed by atoms with Gasteiger partial charge < -0.3 is 4.74 Å². The molecular weight excluding hydrogens is 356 g/mol. The largest absolute Gasteiger partial charge is 0.459 e. The number of aryl methyl sites for hydroxylation is 1. The molecule has 4 nitrogen and oxygen atoms in total. The van der Waals surface area contributed by atoms with E-state index in [1.54, 1.807) is 0 Å². The van der Waals surface area contributed by atoms with Crippen LogP contribution in [0.1, 0.15) is 5.56 Å². The molecule has 0 saturated carbocycles. The first-order valence-corrected chi connectivity index (χ1v) is 5.49. The van der Waals surface area contributed by atoms with Gasteiger partial charge in [0.1, 0.15) is 5.75 Å². The van der Waals surface area contributed by atoms with Crippen molar-refractivity contribution in [2.45, 2.75) is 11.9 Å². The fourth-order valence-electron chi connectivity index (χ4n) is 1.06. The van der Waals surface area contributed by atoms with E-state index in [9.17, 15) is 18.9 Å². The van der Waals surface area contributed by atoms with Crippen molar-refractivity contribution < 1.29 is 18.4 Å². The molecule has 0 N–H and O–H groups in total. The number of hydrogen-bond donors (Lipinski definition) is 0. The molecule has 0 spiro atoms. The van der Waals surface area contributed by atoms with E-state index >= 15 is 0 Å². The van der Waals surface area contributed by atoms with E-state index < -0.39 is 9.94 Å². The molecule has 0 radical (unpaired) electrons. The molecule has 0 aliphatic heterocycles. The molecular formula is C8H5Br2F2NO3. The minimum atomic E-state index is -3.52. The van der Waals surface area contributed by atoms with E-state index in [0.29, 0.717) is 0 Å². The highest BCUT2D eigenvalue weighted by atomic mass is 79.9. The molecule has 88 valence electrons. The highest BCUT2D eigenvalue weighted by molar-refractivity contribution is 9.10. The molecule has 1 aromatic carbocycles. The third-order valence-corrected chi connectivity index (χ3v) is 2.39. The van der Waals surface area contributed by atoms with Gasteiger partial charge >= 0.3 is 5.02 Å². The standard InChI is InChI=1S/C8H5Br2F2NO3/c1-4-2-5(13(14)15)3-6(9)7(4)16-8(10,11)12/h2-3H,1H3. The van der Waals surface area contributed by atoms with Crippen molar-refractivity contribution in [2.75, 3.05) is 0 Å². The van der Waals surface area contributed by atoms with E-state index in [2.05, 4.69) is 20.7 Å². The van der Waals surface area contributed by atoms with Gasteiger partial charge in [-0.3, -0.25) is 10.1 Å². The summed E-state index contributed by atoms with van der Waals surface area (Å²) in [4.78, 5) is 9.87. The number of nitrogens with zero attached hydrogens (tertiary/aromatic N) is 1. The molecule has 1 aromatic rings. The zero-order valence-electron chi connectivity index (χ0n) is 7.84. The zero-order valence-corrected chi connectivity index (χ0v) is 11.0. The molecule has 1 rings (SSSR count). The summed E-state index contributed by atoms with van der Waals surface area (Å²) in [5.74, 6) is -0.146. The average Bonchev–Trinajstić information content (AvgIpc) is 2.09. The van der Waals surface area contributed by atoms with Crippen LogP contribution in [0.3, 0.4) is 0 Å². The monoisotopic (exact) mass is 359 g/mol. The minimum absolute atomic E-state index is 0.0957. The van der Waals surface area contributed by atoms with Crippen molar-refractivity contribution >= 4 is 37.5 Å². The normalized spacial score (nSPS) is 11.3. The van der Waals surface area contributed by atoms with Crippen LogP contribution in [0, 0.1) is 17.0 Å². The Balaban J connectivity index is 3.18. The van der Waals surface area contributed by atoms with Crippen LogP contribution in [0.5, 0.6) is 5.75 Å². The molecule has 0 amide bonds. The number of benzene rings is 1. The second-order valence-corrected chi connectivity index (χ2v) is 4.66. The zero-order chi connectivity index (χ0) is 12.5. The summed E-state index contributed by atoms with van der Waals surface area (Å²) in [5.41, 5.74) is 0.0369. The number of ether oxygens (including phenoxy) is 1. The van der Waals surface area contributed by atoms with Gasteiger partial charge in [0, 0.05) is 28.1 Å². The molecule has 0 aromatic heterocycles. The maximum absolute atomic E-state index is 12.6. The van der Waals surface area contributed by atoms with Crippen LogP contribution in [0.15, 0.2) is 16.6 Å². The molecule has 0 aliphatic rings. The lowest BCUT2D eigenvalue weighted by atomic mass is 10.2. The molecule has 0 unspecified atom stereocenters. The van der Waals surface area contributed by atoms with Gasteiger partial charge in [-0.25, -0.2) is 0 Å². The highest BCUT2D eigenvalue weighted by Crippen LogP contribution is 2.37. The quantitative estimate of drug-likeness (QED) is 0.465. The van der Waals surface area contributed by atoms with Crippen LogP contribution in [-0.2, 0) is 0 Å². The fourth-order valence-corrected chi connectivity index (χ4v) is 1.85. The van der Waals surface area contributed by atoms with Crippen LogP contribution in [0.2, 0.25) is 0 Å². The number of hydrogen-bond acceptors (Lipinski definition) is 3.